The number of nitrogen functional groups attached to an aromatic ring is 1. The number of hydrogen-bond donors (Lipinski definition) is 2. The van der Waals surface area contributed by atoms with Gasteiger partial charge in [0.15, 0.2) is 0 Å². The topological polar surface area (TPSA) is 76.7 Å². The lowest BCUT2D eigenvalue weighted by molar-refractivity contribution is 0.629. The number of nitrogens with zero attached hydrogens (tertiary/aromatic N) is 3. The number of fused-ring (bicyclic) bond motifs is 1. The van der Waals surface area contributed by atoms with Gasteiger partial charge in [0.2, 0.25) is 0 Å². The van der Waals surface area contributed by atoms with Crippen LogP contribution in [-0.4, -0.2) is 15.0 Å². The smallest absolute Gasteiger partial charge is 0.139 e. The van der Waals surface area contributed by atoms with Gasteiger partial charge in [0, 0.05) is 28.2 Å². The van der Waals surface area contributed by atoms with E-state index in [0.717, 1.165) is 27.9 Å². The second kappa shape index (κ2) is 9.68. The molecule has 0 aliphatic carbocycles. The first-order valence-electron chi connectivity index (χ1n) is 10.0. The fourth-order valence-corrected chi connectivity index (χ4v) is 2.92. The van der Waals surface area contributed by atoms with Gasteiger partial charge in [-0.25, -0.2) is 19.3 Å². The molecule has 0 fully saturated rings. The van der Waals surface area contributed by atoms with Crippen LogP contribution >= 0.6 is 0 Å². The van der Waals surface area contributed by atoms with Crippen LogP contribution in [0.4, 0.5) is 21.6 Å². The van der Waals surface area contributed by atoms with Crippen molar-refractivity contribution < 1.29 is 4.39 Å². The van der Waals surface area contributed by atoms with E-state index in [-0.39, 0.29) is 11.6 Å². The fraction of sp³-hybridized carbons (Fsp3) is 0.160. The van der Waals surface area contributed by atoms with Gasteiger partial charge in [-0.2, -0.15) is 0 Å². The number of rotatable bonds is 2. The van der Waals surface area contributed by atoms with Gasteiger partial charge >= 0.3 is 0 Å². The Bertz CT molecular complexity index is 1270. The highest BCUT2D eigenvalue weighted by Crippen LogP contribution is 2.23. The quantitative estimate of drug-likeness (QED) is 0.422. The number of pyridine rings is 1. The summed E-state index contributed by atoms with van der Waals surface area (Å²) in [7, 11) is 0. The van der Waals surface area contributed by atoms with E-state index in [1.54, 1.807) is 24.7 Å². The predicted octanol–water partition coefficient (Wildman–Crippen LogP) is 5.53. The van der Waals surface area contributed by atoms with E-state index in [9.17, 15) is 4.39 Å². The van der Waals surface area contributed by atoms with Gasteiger partial charge in [0.1, 0.15) is 17.5 Å². The minimum absolute atomic E-state index is 0.277. The van der Waals surface area contributed by atoms with Crippen LogP contribution in [-0.2, 0) is 0 Å². The van der Waals surface area contributed by atoms with Crippen molar-refractivity contribution in [1.29, 1.82) is 0 Å². The zero-order valence-corrected chi connectivity index (χ0v) is 18.0. The summed E-state index contributed by atoms with van der Waals surface area (Å²) in [5.41, 5.74) is 10.0. The Morgan fingerprint density at radius 2 is 1.61 bits per heavy atom. The molecule has 0 amide bonds. The molecule has 2 heterocycles. The van der Waals surface area contributed by atoms with Crippen molar-refractivity contribution in [2.24, 2.45) is 0 Å². The molecule has 31 heavy (non-hydrogen) atoms. The summed E-state index contributed by atoms with van der Waals surface area (Å²) in [4.78, 5) is 12.5. The molecule has 156 valence electrons. The first kappa shape index (κ1) is 21.7. The zero-order valence-electron chi connectivity index (χ0n) is 18.0. The molecule has 0 aliphatic heterocycles. The maximum Gasteiger partial charge on any atom is 0.139 e. The Hall–Kier alpha value is -3.98. The molecule has 3 N–H and O–H groups in total. The zero-order chi connectivity index (χ0) is 22.4. The average molecular weight is 414 g/mol. The number of nitrogens with two attached hydrogens (primary N) is 1. The first-order valence-corrected chi connectivity index (χ1v) is 10.0. The van der Waals surface area contributed by atoms with Crippen LogP contribution in [0.3, 0.4) is 0 Å². The number of anilines is 3. The number of halogens is 1. The van der Waals surface area contributed by atoms with Crippen LogP contribution < -0.4 is 11.1 Å². The summed E-state index contributed by atoms with van der Waals surface area (Å²) < 4.78 is 13.7. The van der Waals surface area contributed by atoms with E-state index in [2.05, 4.69) is 32.1 Å². The number of hydrogen-bond acceptors (Lipinski definition) is 5. The second-order valence-electron chi connectivity index (χ2n) is 6.67. The van der Waals surface area contributed by atoms with Gasteiger partial charge in [-0.05, 0) is 49.7 Å². The molecule has 0 spiro atoms. The maximum atomic E-state index is 13.7. The van der Waals surface area contributed by atoms with Crippen molar-refractivity contribution in [3.05, 3.63) is 83.3 Å². The Morgan fingerprint density at radius 3 is 2.35 bits per heavy atom. The van der Waals surface area contributed by atoms with Gasteiger partial charge in [-0.3, -0.25) is 0 Å². The van der Waals surface area contributed by atoms with E-state index < -0.39 is 0 Å². The third-order valence-corrected chi connectivity index (χ3v) is 4.51. The number of aromatic nitrogens is 3. The minimum atomic E-state index is -0.339. The number of nitrogens with one attached hydrogen (secondary N) is 1. The third-order valence-electron chi connectivity index (χ3n) is 4.51. The van der Waals surface area contributed by atoms with Crippen molar-refractivity contribution in [2.75, 3.05) is 11.1 Å². The van der Waals surface area contributed by atoms with Crippen molar-refractivity contribution in [2.45, 2.75) is 27.7 Å². The molecule has 6 heteroatoms. The number of aryl methyl sites for hydroxylation is 2. The standard InChI is InChI=1S/C23H18FN5.C2H6/c1-14-3-7-19(29-20-12-26-15(2)27-13-20)9-16(14)5-8-21-22-10-18(24)6-4-17(22)11-28-23(21)25;1-2/h3-4,6-7,9-13,29H,1-2H3,(H2,25,28);1-2H3. The molecule has 4 aromatic rings. The molecule has 2 aromatic heterocycles. The molecule has 0 bridgehead atoms. The first-order chi connectivity index (χ1) is 15.0. The lowest BCUT2D eigenvalue weighted by atomic mass is 10.0. The molecule has 0 saturated carbocycles. The Kier molecular flexibility index (Phi) is 6.78. The molecule has 0 aliphatic rings. The Balaban J connectivity index is 0.00000132. The molecule has 0 saturated heterocycles. The lowest BCUT2D eigenvalue weighted by Gasteiger charge is -2.08. The van der Waals surface area contributed by atoms with E-state index in [4.69, 9.17) is 5.73 Å². The van der Waals surface area contributed by atoms with Crippen molar-refractivity contribution in [1.82, 2.24) is 15.0 Å². The highest BCUT2D eigenvalue weighted by atomic mass is 19.1. The van der Waals surface area contributed by atoms with E-state index >= 15 is 0 Å². The predicted molar refractivity (Wildman–Crippen MR) is 125 cm³/mol. The summed E-state index contributed by atoms with van der Waals surface area (Å²) in [6, 6.07) is 10.4. The molecule has 0 radical (unpaired) electrons. The fourth-order valence-electron chi connectivity index (χ4n) is 2.92. The van der Waals surface area contributed by atoms with Crippen molar-refractivity contribution in [3.8, 4) is 11.8 Å². The molecular formula is C25H24FN5. The summed E-state index contributed by atoms with van der Waals surface area (Å²) in [6.45, 7) is 7.82. The minimum Gasteiger partial charge on any atom is -0.383 e. The van der Waals surface area contributed by atoms with E-state index in [0.29, 0.717) is 16.8 Å². The van der Waals surface area contributed by atoms with Crippen LogP contribution in [0.5, 0.6) is 0 Å². The van der Waals surface area contributed by atoms with Crippen LogP contribution in [0.2, 0.25) is 0 Å². The highest BCUT2D eigenvalue weighted by molar-refractivity contribution is 5.91. The Labute approximate surface area is 181 Å². The third kappa shape index (κ3) is 5.14. The van der Waals surface area contributed by atoms with Crippen LogP contribution in [0.25, 0.3) is 10.8 Å². The van der Waals surface area contributed by atoms with E-state index in [1.807, 2.05) is 45.9 Å². The van der Waals surface area contributed by atoms with Gasteiger partial charge < -0.3 is 11.1 Å². The summed E-state index contributed by atoms with van der Waals surface area (Å²) in [5.74, 6) is 6.89. The molecule has 4 rings (SSSR count). The van der Waals surface area contributed by atoms with Gasteiger partial charge in [-0.1, -0.05) is 31.8 Å². The second-order valence-corrected chi connectivity index (χ2v) is 6.67. The molecule has 2 aromatic carbocycles. The van der Waals surface area contributed by atoms with Crippen molar-refractivity contribution in [3.63, 3.8) is 0 Å². The van der Waals surface area contributed by atoms with Crippen LogP contribution in [0.1, 0.15) is 36.4 Å². The molecule has 5 nitrogen and oxygen atoms in total. The van der Waals surface area contributed by atoms with Crippen LogP contribution in [0, 0.1) is 31.5 Å². The van der Waals surface area contributed by atoms with Crippen molar-refractivity contribution >= 4 is 28.0 Å². The van der Waals surface area contributed by atoms with Crippen LogP contribution in [0.15, 0.2) is 55.0 Å². The molecule has 0 atom stereocenters. The monoisotopic (exact) mass is 413 g/mol. The van der Waals surface area contributed by atoms with Gasteiger partial charge in [0.25, 0.3) is 0 Å². The summed E-state index contributed by atoms with van der Waals surface area (Å²) in [5, 5.41) is 4.70. The average Bonchev–Trinajstić information content (AvgIpc) is 2.78. The largest absolute Gasteiger partial charge is 0.383 e. The SMILES string of the molecule is CC.Cc1ncc(Nc2ccc(C)c(C#Cc3c(N)ncc4ccc(F)cc34)c2)cn1. The lowest BCUT2D eigenvalue weighted by Crippen LogP contribution is -1.97. The maximum absolute atomic E-state index is 13.7. The number of benzene rings is 2. The summed E-state index contributed by atoms with van der Waals surface area (Å²) >= 11 is 0. The summed E-state index contributed by atoms with van der Waals surface area (Å²) in [6.07, 6.45) is 5.07. The van der Waals surface area contributed by atoms with E-state index in [1.165, 1.54) is 12.1 Å². The van der Waals surface area contributed by atoms with Gasteiger partial charge in [0.05, 0.1) is 23.6 Å². The Morgan fingerprint density at radius 1 is 0.871 bits per heavy atom. The normalized spacial score (nSPS) is 9.97. The molecular weight excluding hydrogens is 389 g/mol. The highest BCUT2D eigenvalue weighted by Gasteiger charge is 2.06. The van der Waals surface area contributed by atoms with Gasteiger partial charge in [-0.15, -0.1) is 0 Å². The molecule has 0 unspecified atom stereocenters.